The van der Waals surface area contributed by atoms with Crippen LogP contribution in [0.15, 0.2) is 0 Å². The lowest BCUT2D eigenvalue weighted by Crippen LogP contribution is -2.44. The maximum Gasteiger partial charge on any atom is 0.414 e. The van der Waals surface area contributed by atoms with Gasteiger partial charge in [-0.3, -0.25) is 4.79 Å². The van der Waals surface area contributed by atoms with Crippen LogP contribution in [0, 0.1) is 5.92 Å². The lowest BCUT2D eigenvalue weighted by molar-refractivity contribution is -0.136. The quantitative estimate of drug-likeness (QED) is 0.647. The fourth-order valence-electron chi connectivity index (χ4n) is 1.52. The maximum atomic E-state index is 11.3. The highest BCUT2D eigenvalue weighted by Crippen LogP contribution is 2.20. The number of hydrogen-bond acceptors (Lipinski definition) is 2. The van der Waals surface area contributed by atoms with Crippen molar-refractivity contribution in [3.05, 3.63) is 0 Å². The van der Waals surface area contributed by atoms with Gasteiger partial charge in [0.15, 0.2) is 0 Å². The van der Waals surface area contributed by atoms with Crippen LogP contribution in [0.5, 0.6) is 0 Å². The molecule has 0 aromatic heterocycles. The number of hydrogen-bond donors (Lipinski definition) is 1. The molecule has 1 unspecified atom stereocenters. The van der Waals surface area contributed by atoms with Gasteiger partial charge in [-0.1, -0.05) is 6.92 Å². The molecule has 1 rings (SSSR count). The van der Waals surface area contributed by atoms with E-state index in [1.54, 1.807) is 0 Å². The second-order valence-electron chi connectivity index (χ2n) is 3.02. The summed E-state index contributed by atoms with van der Waals surface area (Å²) in [7, 11) is 0. The summed E-state index contributed by atoms with van der Waals surface area (Å²) in [6.07, 6.45) is 1.26. The predicted octanol–water partition coefficient (Wildman–Crippen LogP) is 1.31. The lowest BCUT2D eigenvalue weighted by Gasteiger charge is -2.27. The molecule has 0 aromatic rings. The van der Waals surface area contributed by atoms with Gasteiger partial charge in [-0.15, -0.1) is 0 Å². The Morgan fingerprint density at radius 2 is 2.42 bits per heavy atom. The number of piperidine rings is 1. The smallest absolute Gasteiger partial charge is 0.414 e. The third-order valence-electron chi connectivity index (χ3n) is 2.27. The van der Waals surface area contributed by atoms with Crippen LogP contribution in [0.2, 0.25) is 0 Å². The summed E-state index contributed by atoms with van der Waals surface area (Å²) >= 11 is 0. The van der Waals surface area contributed by atoms with E-state index in [4.69, 9.17) is 5.11 Å². The molecule has 2 amide bonds. The molecule has 1 N–H and O–H groups in total. The summed E-state index contributed by atoms with van der Waals surface area (Å²) in [5.41, 5.74) is 0. The average Bonchev–Trinajstić information content (AvgIpc) is 2.04. The highest BCUT2D eigenvalue weighted by molar-refractivity contribution is 5.92. The Hall–Kier alpha value is -1.06. The van der Waals surface area contributed by atoms with E-state index in [1.807, 2.05) is 6.92 Å². The Morgan fingerprint density at radius 3 is 2.92 bits per heavy atom. The molecule has 68 valence electrons. The topological polar surface area (TPSA) is 57.6 Å². The third-order valence-corrected chi connectivity index (χ3v) is 2.27. The van der Waals surface area contributed by atoms with Crippen molar-refractivity contribution in [1.29, 1.82) is 0 Å². The molecule has 0 radical (unpaired) electrons. The molecule has 0 spiro atoms. The zero-order chi connectivity index (χ0) is 9.14. The van der Waals surface area contributed by atoms with Crippen molar-refractivity contribution >= 4 is 12.0 Å². The molecule has 0 aliphatic carbocycles. The summed E-state index contributed by atoms with van der Waals surface area (Å²) in [5.74, 6) is -0.300. The van der Waals surface area contributed by atoms with E-state index < -0.39 is 6.09 Å². The number of amides is 2. The Morgan fingerprint density at radius 1 is 1.75 bits per heavy atom. The molecule has 1 aliphatic rings. The summed E-state index contributed by atoms with van der Waals surface area (Å²) in [4.78, 5) is 22.8. The summed E-state index contributed by atoms with van der Waals surface area (Å²) in [6.45, 7) is 2.28. The zero-order valence-electron chi connectivity index (χ0n) is 7.12. The SMILES string of the molecule is CCC1CCCN(C(=O)O)C1=O. The molecule has 12 heavy (non-hydrogen) atoms. The Bertz CT molecular complexity index is 202. The molecule has 1 saturated heterocycles. The van der Waals surface area contributed by atoms with Crippen molar-refractivity contribution in [2.75, 3.05) is 6.54 Å². The van der Waals surface area contributed by atoms with E-state index in [2.05, 4.69) is 0 Å². The van der Waals surface area contributed by atoms with Crippen LogP contribution in [0.1, 0.15) is 26.2 Å². The van der Waals surface area contributed by atoms with Gasteiger partial charge in [0.1, 0.15) is 0 Å². The third kappa shape index (κ3) is 1.57. The largest absolute Gasteiger partial charge is 0.465 e. The first-order chi connectivity index (χ1) is 5.66. The lowest BCUT2D eigenvalue weighted by atomic mass is 9.95. The van der Waals surface area contributed by atoms with Crippen LogP contribution >= 0.6 is 0 Å². The molecular formula is C8H13NO3. The first-order valence-corrected chi connectivity index (χ1v) is 4.21. The van der Waals surface area contributed by atoms with Gasteiger partial charge in [-0.25, -0.2) is 9.69 Å². The molecule has 1 fully saturated rings. The van der Waals surface area contributed by atoms with Gasteiger partial charge in [0, 0.05) is 12.5 Å². The van der Waals surface area contributed by atoms with E-state index in [0.717, 1.165) is 24.2 Å². The Balaban J connectivity index is 2.66. The minimum absolute atomic E-state index is 0.0742. The predicted molar refractivity (Wildman–Crippen MR) is 42.8 cm³/mol. The van der Waals surface area contributed by atoms with Gasteiger partial charge in [0.2, 0.25) is 5.91 Å². The molecule has 0 aromatic carbocycles. The van der Waals surface area contributed by atoms with Gasteiger partial charge >= 0.3 is 6.09 Å². The van der Waals surface area contributed by atoms with Crippen LogP contribution in [0.4, 0.5) is 4.79 Å². The van der Waals surface area contributed by atoms with E-state index in [1.165, 1.54) is 0 Å². The fraction of sp³-hybridized carbons (Fsp3) is 0.750. The van der Waals surface area contributed by atoms with E-state index in [9.17, 15) is 9.59 Å². The molecule has 1 aliphatic heterocycles. The summed E-state index contributed by atoms with van der Waals surface area (Å²) < 4.78 is 0. The average molecular weight is 171 g/mol. The molecule has 4 heteroatoms. The van der Waals surface area contributed by atoms with E-state index >= 15 is 0 Å². The molecule has 1 atom stereocenters. The van der Waals surface area contributed by atoms with Crippen LogP contribution < -0.4 is 0 Å². The normalized spacial score (nSPS) is 24.2. The molecule has 1 heterocycles. The van der Waals surface area contributed by atoms with Crippen molar-refractivity contribution in [2.24, 2.45) is 5.92 Å². The first kappa shape index (κ1) is 9.03. The number of imide groups is 1. The highest BCUT2D eigenvalue weighted by atomic mass is 16.4. The monoisotopic (exact) mass is 171 g/mol. The van der Waals surface area contributed by atoms with Crippen LogP contribution in [0.25, 0.3) is 0 Å². The Kier molecular flexibility index (Phi) is 2.68. The van der Waals surface area contributed by atoms with Gasteiger partial charge in [-0.05, 0) is 19.3 Å². The van der Waals surface area contributed by atoms with E-state index in [-0.39, 0.29) is 11.8 Å². The second-order valence-corrected chi connectivity index (χ2v) is 3.02. The second kappa shape index (κ2) is 3.56. The van der Waals surface area contributed by atoms with Crippen molar-refractivity contribution in [3.63, 3.8) is 0 Å². The number of likely N-dealkylation sites (tertiary alicyclic amines) is 1. The first-order valence-electron chi connectivity index (χ1n) is 4.21. The number of nitrogens with zero attached hydrogens (tertiary/aromatic N) is 1. The van der Waals surface area contributed by atoms with Crippen molar-refractivity contribution < 1.29 is 14.7 Å². The van der Waals surface area contributed by atoms with Crippen LogP contribution in [0.3, 0.4) is 0 Å². The number of carbonyl (C=O) groups is 2. The summed E-state index contributed by atoms with van der Waals surface area (Å²) in [5, 5.41) is 8.63. The van der Waals surface area contributed by atoms with Crippen molar-refractivity contribution in [2.45, 2.75) is 26.2 Å². The molecule has 0 saturated carbocycles. The number of carbonyl (C=O) groups excluding carboxylic acids is 1. The maximum absolute atomic E-state index is 11.3. The van der Waals surface area contributed by atoms with Gasteiger partial charge in [0.25, 0.3) is 0 Å². The standard InChI is InChI=1S/C8H13NO3/c1-2-6-4-3-5-9(7(6)10)8(11)12/h6H,2-5H2,1H3,(H,11,12). The summed E-state index contributed by atoms with van der Waals surface area (Å²) in [6, 6.07) is 0. The van der Waals surface area contributed by atoms with Crippen LogP contribution in [-0.2, 0) is 4.79 Å². The number of carboxylic acid groups (broad SMARTS) is 1. The minimum atomic E-state index is -1.11. The molecule has 4 nitrogen and oxygen atoms in total. The van der Waals surface area contributed by atoms with Crippen molar-refractivity contribution in [3.8, 4) is 0 Å². The Labute approximate surface area is 71.2 Å². The minimum Gasteiger partial charge on any atom is -0.465 e. The van der Waals surface area contributed by atoms with Crippen molar-refractivity contribution in [1.82, 2.24) is 4.90 Å². The molecular weight excluding hydrogens is 158 g/mol. The van der Waals surface area contributed by atoms with Crippen LogP contribution in [-0.4, -0.2) is 28.6 Å². The van der Waals surface area contributed by atoms with E-state index in [0.29, 0.717) is 6.54 Å². The fourth-order valence-corrected chi connectivity index (χ4v) is 1.52. The zero-order valence-corrected chi connectivity index (χ0v) is 7.12. The highest BCUT2D eigenvalue weighted by Gasteiger charge is 2.30. The van der Waals surface area contributed by atoms with Gasteiger partial charge < -0.3 is 5.11 Å². The molecule has 0 bridgehead atoms. The number of rotatable bonds is 1. The van der Waals surface area contributed by atoms with Gasteiger partial charge in [0.05, 0.1) is 0 Å². The van der Waals surface area contributed by atoms with Gasteiger partial charge in [-0.2, -0.15) is 0 Å².